The third kappa shape index (κ3) is 4.07. The minimum Gasteiger partial charge on any atom is -0.376 e. The highest BCUT2D eigenvalue weighted by molar-refractivity contribution is 4.89. The highest BCUT2D eigenvalue weighted by Gasteiger charge is 2.07. The lowest BCUT2D eigenvalue weighted by Crippen LogP contribution is -2.27. The second-order valence-corrected chi connectivity index (χ2v) is 2.78. The molecule has 1 heteroatoms. The molecule has 0 N–H and O–H groups in total. The lowest BCUT2D eigenvalue weighted by molar-refractivity contribution is 0.287. The number of allylic oxidation sites excluding steroid dienone is 1. The summed E-state index contributed by atoms with van der Waals surface area (Å²) in [6.07, 6.45) is 4.11. The van der Waals surface area contributed by atoms with Gasteiger partial charge in [0.15, 0.2) is 0 Å². The van der Waals surface area contributed by atoms with E-state index in [0.717, 1.165) is 0 Å². The Bertz CT molecular complexity index is 101. The van der Waals surface area contributed by atoms with Crippen LogP contribution in [0.3, 0.4) is 0 Å². The zero-order chi connectivity index (χ0) is 8.69. The molecule has 1 aliphatic rings. The Morgan fingerprint density at radius 2 is 1.55 bits per heavy atom. The standard InChI is InChI=1S/C8H15N.C2H6/c1-8(2)9-6-4-3-5-7-9;1-2/h1,3-7H2,2H3;1-2H3. The maximum Gasteiger partial charge on any atom is 0.0174 e. The Morgan fingerprint density at radius 1 is 1.09 bits per heavy atom. The minimum atomic E-state index is 1.23. The molecule has 0 atom stereocenters. The highest BCUT2D eigenvalue weighted by Crippen LogP contribution is 2.12. The Morgan fingerprint density at radius 3 is 1.82 bits per heavy atom. The van der Waals surface area contributed by atoms with Gasteiger partial charge in [-0.25, -0.2) is 0 Å². The molecular weight excluding hydrogens is 134 g/mol. The maximum atomic E-state index is 3.90. The normalized spacial score (nSPS) is 16.8. The van der Waals surface area contributed by atoms with Crippen molar-refractivity contribution in [3.63, 3.8) is 0 Å². The van der Waals surface area contributed by atoms with E-state index in [0.29, 0.717) is 0 Å². The van der Waals surface area contributed by atoms with Gasteiger partial charge >= 0.3 is 0 Å². The minimum absolute atomic E-state index is 1.23. The predicted octanol–water partition coefficient (Wildman–Crippen LogP) is 3.03. The van der Waals surface area contributed by atoms with Crippen LogP contribution in [0.1, 0.15) is 40.0 Å². The molecular formula is C10H21N. The summed E-state index contributed by atoms with van der Waals surface area (Å²) in [5.74, 6) is 0. The highest BCUT2D eigenvalue weighted by atomic mass is 15.1. The van der Waals surface area contributed by atoms with Gasteiger partial charge in [0.05, 0.1) is 0 Å². The first-order valence-corrected chi connectivity index (χ1v) is 4.71. The molecule has 1 heterocycles. The molecule has 0 unspecified atom stereocenters. The fourth-order valence-electron chi connectivity index (χ4n) is 1.28. The number of likely N-dealkylation sites (tertiary alicyclic amines) is 1. The largest absolute Gasteiger partial charge is 0.376 e. The number of rotatable bonds is 1. The van der Waals surface area contributed by atoms with Crippen LogP contribution in [0, 0.1) is 0 Å². The molecule has 1 saturated heterocycles. The third-order valence-corrected chi connectivity index (χ3v) is 1.90. The lowest BCUT2D eigenvalue weighted by Gasteiger charge is -2.28. The molecule has 0 aromatic carbocycles. The van der Waals surface area contributed by atoms with Crippen LogP contribution in [-0.4, -0.2) is 18.0 Å². The molecule has 0 amide bonds. The predicted molar refractivity (Wildman–Crippen MR) is 51.6 cm³/mol. The van der Waals surface area contributed by atoms with Gasteiger partial charge in [0.25, 0.3) is 0 Å². The fraction of sp³-hybridized carbons (Fsp3) is 0.800. The number of piperidine rings is 1. The summed E-state index contributed by atoms with van der Waals surface area (Å²) < 4.78 is 0. The van der Waals surface area contributed by atoms with Crippen LogP contribution < -0.4 is 0 Å². The van der Waals surface area contributed by atoms with Crippen molar-refractivity contribution in [3.05, 3.63) is 12.3 Å². The molecule has 0 spiro atoms. The average Bonchev–Trinajstić information content (AvgIpc) is 2.10. The summed E-state index contributed by atoms with van der Waals surface area (Å²) in [5.41, 5.74) is 1.23. The molecule has 0 aliphatic carbocycles. The smallest absolute Gasteiger partial charge is 0.0174 e. The summed E-state index contributed by atoms with van der Waals surface area (Å²) >= 11 is 0. The van der Waals surface area contributed by atoms with Crippen LogP contribution in [0.5, 0.6) is 0 Å². The molecule has 0 bridgehead atoms. The van der Waals surface area contributed by atoms with Crippen LogP contribution in [-0.2, 0) is 0 Å². The molecule has 0 radical (unpaired) electrons. The molecule has 1 nitrogen and oxygen atoms in total. The van der Waals surface area contributed by atoms with Gasteiger partial charge in [-0.15, -0.1) is 0 Å². The Labute approximate surface area is 71.1 Å². The first-order valence-electron chi connectivity index (χ1n) is 4.71. The van der Waals surface area contributed by atoms with Crippen molar-refractivity contribution in [2.75, 3.05) is 13.1 Å². The molecule has 0 saturated carbocycles. The summed E-state index contributed by atoms with van der Waals surface area (Å²) in [5, 5.41) is 0. The molecule has 66 valence electrons. The van der Waals surface area contributed by atoms with Gasteiger partial charge in [0.2, 0.25) is 0 Å². The molecule has 1 aliphatic heterocycles. The van der Waals surface area contributed by atoms with E-state index >= 15 is 0 Å². The summed E-state index contributed by atoms with van der Waals surface area (Å²) in [7, 11) is 0. The molecule has 0 aromatic heterocycles. The van der Waals surface area contributed by atoms with E-state index in [1.165, 1.54) is 38.0 Å². The van der Waals surface area contributed by atoms with E-state index in [4.69, 9.17) is 0 Å². The SMILES string of the molecule is C=C(C)N1CCCCC1.CC. The zero-order valence-electron chi connectivity index (χ0n) is 8.19. The first kappa shape index (κ1) is 10.5. The number of hydrogen-bond donors (Lipinski definition) is 0. The van der Waals surface area contributed by atoms with Gasteiger partial charge in [-0.2, -0.15) is 0 Å². The Kier molecular flexibility index (Phi) is 6.00. The number of nitrogens with zero attached hydrogens (tertiary/aromatic N) is 1. The number of hydrogen-bond acceptors (Lipinski definition) is 1. The molecule has 0 aromatic rings. The quantitative estimate of drug-likeness (QED) is 0.562. The van der Waals surface area contributed by atoms with E-state index in [-0.39, 0.29) is 0 Å². The topological polar surface area (TPSA) is 3.24 Å². The van der Waals surface area contributed by atoms with Crippen LogP contribution in [0.25, 0.3) is 0 Å². The van der Waals surface area contributed by atoms with Gasteiger partial charge in [0, 0.05) is 18.8 Å². The van der Waals surface area contributed by atoms with E-state index in [9.17, 15) is 0 Å². The maximum absolute atomic E-state index is 3.90. The van der Waals surface area contributed by atoms with Gasteiger partial charge in [-0.3, -0.25) is 0 Å². The third-order valence-electron chi connectivity index (χ3n) is 1.90. The zero-order valence-corrected chi connectivity index (χ0v) is 8.19. The van der Waals surface area contributed by atoms with E-state index in [2.05, 4.69) is 18.4 Å². The van der Waals surface area contributed by atoms with Crippen LogP contribution in [0.15, 0.2) is 12.3 Å². The average molecular weight is 155 g/mol. The van der Waals surface area contributed by atoms with Crippen molar-refractivity contribution >= 4 is 0 Å². The molecule has 11 heavy (non-hydrogen) atoms. The lowest BCUT2D eigenvalue weighted by atomic mass is 10.1. The summed E-state index contributed by atoms with van der Waals surface area (Å²) in [4.78, 5) is 2.36. The van der Waals surface area contributed by atoms with Crippen molar-refractivity contribution in [1.82, 2.24) is 4.90 Å². The van der Waals surface area contributed by atoms with Crippen molar-refractivity contribution in [1.29, 1.82) is 0 Å². The van der Waals surface area contributed by atoms with Crippen LogP contribution >= 0.6 is 0 Å². The van der Waals surface area contributed by atoms with Gasteiger partial charge in [0.1, 0.15) is 0 Å². The van der Waals surface area contributed by atoms with E-state index < -0.39 is 0 Å². The van der Waals surface area contributed by atoms with Gasteiger partial charge in [-0.05, 0) is 26.2 Å². The molecule has 1 fully saturated rings. The van der Waals surface area contributed by atoms with E-state index in [1.807, 2.05) is 13.8 Å². The Balaban J connectivity index is 0.000000461. The van der Waals surface area contributed by atoms with Gasteiger partial charge < -0.3 is 4.90 Å². The van der Waals surface area contributed by atoms with Crippen molar-refractivity contribution in [2.45, 2.75) is 40.0 Å². The fourth-order valence-corrected chi connectivity index (χ4v) is 1.28. The first-order chi connectivity index (χ1) is 5.30. The van der Waals surface area contributed by atoms with Gasteiger partial charge in [-0.1, -0.05) is 20.4 Å². The second-order valence-electron chi connectivity index (χ2n) is 2.78. The van der Waals surface area contributed by atoms with Crippen LogP contribution in [0.4, 0.5) is 0 Å². The van der Waals surface area contributed by atoms with Crippen LogP contribution in [0.2, 0.25) is 0 Å². The monoisotopic (exact) mass is 155 g/mol. The Hall–Kier alpha value is -0.460. The van der Waals surface area contributed by atoms with Crippen molar-refractivity contribution in [3.8, 4) is 0 Å². The second kappa shape index (κ2) is 6.26. The van der Waals surface area contributed by atoms with Crippen molar-refractivity contribution < 1.29 is 0 Å². The summed E-state index contributed by atoms with van der Waals surface area (Å²) in [6.45, 7) is 12.5. The van der Waals surface area contributed by atoms with Crippen molar-refractivity contribution in [2.24, 2.45) is 0 Å². The molecule has 1 rings (SSSR count). The van der Waals surface area contributed by atoms with E-state index in [1.54, 1.807) is 0 Å². The summed E-state index contributed by atoms with van der Waals surface area (Å²) in [6, 6.07) is 0.